The topological polar surface area (TPSA) is 15.3 Å². The fourth-order valence-corrected chi connectivity index (χ4v) is 3.65. The predicted octanol–water partition coefficient (Wildman–Crippen LogP) is 3.76. The van der Waals surface area contributed by atoms with Crippen molar-refractivity contribution >= 4 is 11.3 Å². The smallest absolute Gasteiger partial charge is 0.0335 e. The lowest BCUT2D eigenvalue weighted by molar-refractivity contribution is 0.278. The molecule has 20 heavy (non-hydrogen) atoms. The summed E-state index contributed by atoms with van der Waals surface area (Å²) in [6.07, 6.45) is 0. The second-order valence-corrected chi connectivity index (χ2v) is 7.07. The van der Waals surface area contributed by atoms with Gasteiger partial charge in [0.1, 0.15) is 0 Å². The number of nitrogens with zero attached hydrogens (tertiary/aromatic N) is 1. The summed E-state index contributed by atoms with van der Waals surface area (Å²) < 4.78 is 0. The van der Waals surface area contributed by atoms with Crippen LogP contribution in [0.15, 0.2) is 36.4 Å². The molecule has 1 N–H and O–H groups in total. The van der Waals surface area contributed by atoms with E-state index in [0.29, 0.717) is 6.04 Å². The van der Waals surface area contributed by atoms with Crippen molar-refractivity contribution in [1.82, 2.24) is 10.2 Å². The zero-order valence-corrected chi connectivity index (χ0v) is 13.0. The highest BCUT2D eigenvalue weighted by Crippen LogP contribution is 2.26. The van der Waals surface area contributed by atoms with E-state index in [0.717, 1.165) is 26.2 Å². The van der Waals surface area contributed by atoms with E-state index >= 15 is 0 Å². The zero-order chi connectivity index (χ0) is 13.9. The maximum atomic E-state index is 3.48. The highest BCUT2D eigenvalue weighted by Gasteiger charge is 2.18. The monoisotopic (exact) mass is 286 g/mol. The van der Waals surface area contributed by atoms with Gasteiger partial charge in [-0.2, -0.15) is 0 Å². The number of benzene rings is 1. The number of thiophene rings is 1. The summed E-state index contributed by atoms with van der Waals surface area (Å²) in [4.78, 5) is 5.43. The van der Waals surface area contributed by atoms with Crippen molar-refractivity contribution in [2.45, 2.75) is 46.1 Å². The Kier molecular flexibility index (Phi) is 4.20. The van der Waals surface area contributed by atoms with Crippen LogP contribution in [0.1, 0.15) is 34.7 Å². The Balaban J connectivity index is 1.57. The molecule has 0 radical (unpaired) electrons. The molecule has 1 aliphatic rings. The molecule has 0 spiro atoms. The molecule has 1 aromatic heterocycles. The van der Waals surface area contributed by atoms with Gasteiger partial charge < -0.3 is 5.32 Å². The first-order chi connectivity index (χ1) is 9.70. The number of nitrogens with one attached hydrogen (secondary N) is 1. The van der Waals surface area contributed by atoms with Gasteiger partial charge in [0.25, 0.3) is 0 Å². The van der Waals surface area contributed by atoms with E-state index < -0.39 is 0 Å². The highest BCUT2D eigenvalue weighted by atomic mass is 32.1. The minimum atomic E-state index is 0.550. The molecule has 0 saturated carbocycles. The fourth-order valence-electron chi connectivity index (χ4n) is 2.64. The molecule has 106 valence electrons. The van der Waals surface area contributed by atoms with Crippen molar-refractivity contribution in [2.75, 3.05) is 0 Å². The lowest BCUT2D eigenvalue weighted by Gasteiger charge is -2.13. The highest BCUT2D eigenvalue weighted by molar-refractivity contribution is 7.11. The first-order valence-electron chi connectivity index (χ1n) is 7.31. The Morgan fingerprint density at radius 3 is 2.35 bits per heavy atom. The van der Waals surface area contributed by atoms with Crippen molar-refractivity contribution < 1.29 is 0 Å². The Hall–Kier alpha value is -1.16. The molecule has 2 nitrogen and oxygen atoms in total. The maximum Gasteiger partial charge on any atom is 0.0335 e. The number of hydrogen-bond acceptors (Lipinski definition) is 3. The minimum Gasteiger partial charge on any atom is -0.310 e. The van der Waals surface area contributed by atoms with Gasteiger partial charge in [0.05, 0.1) is 0 Å². The summed E-state index contributed by atoms with van der Waals surface area (Å²) in [5.41, 5.74) is 2.98. The summed E-state index contributed by atoms with van der Waals surface area (Å²) in [7, 11) is 0. The van der Waals surface area contributed by atoms with Gasteiger partial charge in [-0.15, -0.1) is 11.3 Å². The van der Waals surface area contributed by atoms with Gasteiger partial charge in [-0.05, 0) is 23.3 Å². The summed E-state index contributed by atoms with van der Waals surface area (Å²) in [5, 5.41) is 3.48. The molecule has 0 amide bonds. The van der Waals surface area contributed by atoms with Gasteiger partial charge in [0.15, 0.2) is 0 Å². The van der Waals surface area contributed by atoms with Gasteiger partial charge >= 0.3 is 0 Å². The largest absolute Gasteiger partial charge is 0.310 e. The summed E-state index contributed by atoms with van der Waals surface area (Å²) >= 11 is 1.94. The third-order valence-corrected chi connectivity index (χ3v) is 4.76. The average Bonchev–Trinajstić information content (AvgIpc) is 3.02. The Morgan fingerprint density at radius 2 is 1.70 bits per heavy atom. The van der Waals surface area contributed by atoms with Crippen LogP contribution >= 0.6 is 11.3 Å². The van der Waals surface area contributed by atoms with E-state index in [4.69, 9.17) is 0 Å². The molecule has 3 heteroatoms. The van der Waals surface area contributed by atoms with Crippen LogP contribution < -0.4 is 5.32 Å². The third kappa shape index (κ3) is 3.29. The molecule has 0 unspecified atom stereocenters. The van der Waals surface area contributed by atoms with E-state index in [-0.39, 0.29) is 0 Å². The van der Waals surface area contributed by atoms with Crippen molar-refractivity contribution in [3.8, 4) is 0 Å². The number of fused-ring (bicyclic) bond motifs is 1. The first-order valence-corrected chi connectivity index (χ1v) is 8.12. The fraction of sp³-hybridized carbons (Fsp3) is 0.412. The predicted molar refractivity (Wildman–Crippen MR) is 85.7 cm³/mol. The molecule has 0 aliphatic carbocycles. The standard InChI is InChI=1S/C17H22N2S/c1-13(2)18-9-16-7-8-17(20-16)12-19-10-14-5-3-4-6-15(14)11-19/h3-8,13,18H,9-12H2,1-2H3. The second-order valence-electron chi connectivity index (χ2n) is 5.82. The van der Waals surface area contributed by atoms with E-state index in [1.165, 1.54) is 20.9 Å². The summed E-state index contributed by atoms with van der Waals surface area (Å²) in [6, 6.07) is 13.9. The van der Waals surface area contributed by atoms with Crippen LogP contribution in [0.25, 0.3) is 0 Å². The maximum absolute atomic E-state index is 3.48. The van der Waals surface area contributed by atoms with Gasteiger partial charge in [-0.1, -0.05) is 38.1 Å². The van der Waals surface area contributed by atoms with Crippen molar-refractivity contribution in [3.05, 3.63) is 57.3 Å². The molecule has 0 bridgehead atoms. The third-order valence-electron chi connectivity index (χ3n) is 3.69. The molecule has 1 aliphatic heterocycles. The summed E-state index contributed by atoms with van der Waals surface area (Å²) in [5.74, 6) is 0. The van der Waals surface area contributed by atoms with Crippen molar-refractivity contribution in [1.29, 1.82) is 0 Å². The minimum absolute atomic E-state index is 0.550. The van der Waals surface area contributed by atoms with Crippen molar-refractivity contribution in [2.24, 2.45) is 0 Å². The first kappa shape index (κ1) is 13.8. The van der Waals surface area contributed by atoms with Gasteiger partial charge in [-0.25, -0.2) is 0 Å². The van der Waals surface area contributed by atoms with Crippen LogP contribution in [0.2, 0.25) is 0 Å². The normalized spacial score (nSPS) is 14.9. The molecule has 0 atom stereocenters. The van der Waals surface area contributed by atoms with Crippen LogP contribution in [0.4, 0.5) is 0 Å². The lowest BCUT2D eigenvalue weighted by Crippen LogP contribution is -2.21. The number of hydrogen-bond donors (Lipinski definition) is 1. The van der Waals surface area contributed by atoms with Crippen molar-refractivity contribution in [3.63, 3.8) is 0 Å². The average molecular weight is 286 g/mol. The van der Waals surface area contributed by atoms with Crippen LogP contribution in [0.3, 0.4) is 0 Å². The molecule has 1 aromatic carbocycles. The molecular formula is C17H22N2S. The van der Waals surface area contributed by atoms with E-state index in [2.05, 4.69) is 60.5 Å². The summed E-state index contributed by atoms with van der Waals surface area (Å²) in [6.45, 7) is 8.62. The second kappa shape index (κ2) is 6.08. The lowest BCUT2D eigenvalue weighted by atomic mass is 10.1. The Morgan fingerprint density at radius 1 is 1.05 bits per heavy atom. The SMILES string of the molecule is CC(C)NCc1ccc(CN2Cc3ccccc3C2)s1. The Bertz CT molecular complexity index is 549. The van der Waals surface area contributed by atoms with Crippen LogP contribution in [-0.2, 0) is 26.2 Å². The van der Waals surface area contributed by atoms with Crippen LogP contribution in [-0.4, -0.2) is 10.9 Å². The molecule has 2 heterocycles. The molecular weight excluding hydrogens is 264 g/mol. The molecule has 0 saturated heterocycles. The Labute approximate surface area is 125 Å². The molecule has 0 fully saturated rings. The quantitative estimate of drug-likeness (QED) is 0.900. The molecule has 2 aromatic rings. The molecule has 3 rings (SSSR count). The zero-order valence-electron chi connectivity index (χ0n) is 12.2. The van der Waals surface area contributed by atoms with E-state index in [1.54, 1.807) is 0 Å². The van der Waals surface area contributed by atoms with Gasteiger partial charge in [0.2, 0.25) is 0 Å². The van der Waals surface area contributed by atoms with Crippen LogP contribution in [0.5, 0.6) is 0 Å². The van der Waals surface area contributed by atoms with Crippen LogP contribution in [0, 0.1) is 0 Å². The number of rotatable bonds is 5. The van der Waals surface area contributed by atoms with Gasteiger partial charge in [-0.3, -0.25) is 4.90 Å². The van der Waals surface area contributed by atoms with E-state index in [9.17, 15) is 0 Å². The van der Waals surface area contributed by atoms with Gasteiger partial charge in [0, 0.05) is 42.0 Å². The van der Waals surface area contributed by atoms with E-state index in [1.807, 2.05) is 11.3 Å².